The highest BCUT2D eigenvalue weighted by molar-refractivity contribution is 5.99. The summed E-state index contributed by atoms with van der Waals surface area (Å²) in [7, 11) is 0. The van der Waals surface area contributed by atoms with Crippen LogP contribution in [-0.4, -0.2) is 35.0 Å². The van der Waals surface area contributed by atoms with Gasteiger partial charge in [-0.3, -0.25) is 9.59 Å². The fourth-order valence-corrected chi connectivity index (χ4v) is 1.90. The van der Waals surface area contributed by atoms with Crippen LogP contribution in [0.1, 0.15) is 47.4 Å². The van der Waals surface area contributed by atoms with E-state index in [1.165, 1.54) is 24.3 Å². The molecule has 0 aliphatic rings. The predicted molar refractivity (Wildman–Crippen MR) is 87.4 cm³/mol. The van der Waals surface area contributed by atoms with Gasteiger partial charge in [-0.2, -0.15) is 0 Å². The first-order chi connectivity index (χ1) is 10.8. The Morgan fingerprint density at radius 3 is 1.96 bits per heavy atom. The molecule has 0 saturated carbocycles. The van der Waals surface area contributed by atoms with E-state index in [2.05, 4.69) is 17.2 Å². The Balaban J connectivity index is 2.74. The molecule has 0 heterocycles. The Kier molecular flexibility index (Phi) is 6.99. The van der Waals surface area contributed by atoms with E-state index in [4.69, 9.17) is 5.11 Å². The van der Waals surface area contributed by atoms with Gasteiger partial charge < -0.3 is 15.7 Å². The summed E-state index contributed by atoms with van der Waals surface area (Å²) in [5.41, 5.74) is 0.743. The minimum Gasteiger partial charge on any atom is -0.480 e. The van der Waals surface area contributed by atoms with Gasteiger partial charge in [0.2, 0.25) is 0 Å². The second-order valence-electron chi connectivity index (χ2n) is 5.44. The number of nitrogens with one attached hydrogen (secondary N) is 2. The van der Waals surface area contributed by atoms with E-state index in [0.717, 1.165) is 0 Å². The Hall–Kier alpha value is -2.63. The van der Waals surface area contributed by atoms with Crippen LogP contribution in [0.2, 0.25) is 0 Å². The molecular formula is C17H22N2O4. The number of carbonyl (C=O) groups is 3. The SMILES string of the molecule is C=CCCC(NC(=O)c1ccc(C(=O)NC(C)C)cc1)C(=O)O. The molecule has 3 N–H and O–H groups in total. The summed E-state index contributed by atoms with van der Waals surface area (Å²) in [6.45, 7) is 7.24. The molecular weight excluding hydrogens is 296 g/mol. The molecule has 0 bridgehead atoms. The zero-order valence-electron chi connectivity index (χ0n) is 13.3. The number of amides is 2. The van der Waals surface area contributed by atoms with Gasteiger partial charge in [-0.25, -0.2) is 4.79 Å². The van der Waals surface area contributed by atoms with Crippen LogP contribution in [0, 0.1) is 0 Å². The van der Waals surface area contributed by atoms with Crippen LogP contribution < -0.4 is 10.6 Å². The predicted octanol–water partition coefficient (Wildman–Crippen LogP) is 1.97. The Labute approximate surface area is 135 Å². The van der Waals surface area contributed by atoms with Crippen LogP contribution in [0.4, 0.5) is 0 Å². The maximum Gasteiger partial charge on any atom is 0.326 e. The van der Waals surface area contributed by atoms with Crippen molar-refractivity contribution in [2.45, 2.75) is 38.8 Å². The van der Waals surface area contributed by atoms with Gasteiger partial charge in [0.15, 0.2) is 0 Å². The molecule has 0 radical (unpaired) electrons. The smallest absolute Gasteiger partial charge is 0.326 e. The fourth-order valence-electron chi connectivity index (χ4n) is 1.90. The Morgan fingerprint density at radius 1 is 1.09 bits per heavy atom. The lowest BCUT2D eigenvalue weighted by molar-refractivity contribution is -0.139. The van der Waals surface area contributed by atoms with Crippen LogP contribution in [-0.2, 0) is 4.79 Å². The van der Waals surface area contributed by atoms with Gasteiger partial charge in [0.1, 0.15) is 6.04 Å². The number of hydrogen-bond acceptors (Lipinski definition) is 3. The second kappa shape index (κ2) is 8.73. The van der Waals surface area contributed by atoms with Gasteiger partial charge in [-0.1, -0.05) is 6.08 Å². The van der Waals surface area contributed by atoms with Crippen molar-refractivity contribution in [3.63, 3.8) is 0 Å². The van der Waals surface area contributed by atoms with E-state index in [1.54, 1.807) is 6.08 Å². The summed E-state index contributed by atoms with van der Waals surface area (Å²) in [4.78, 5) is 35.0. The summed E-state index contributed by atoms with van der Waals surface area (Å²) in [6, 6.07) is 5.11. The standard InChI is InChI=1S/C17H22N2O4/c1-4-5-6-14(17(22)23)19-16(21)13-9-7-12(8-10-13)15(20)18-11(2)3/h4,7-11,14H,1,5-6H2,2-3H3,(H,18,20)(H,19,21)(H,22,23). The summed E-state index contributed by atoms with van der Waals surface area (Å²) < 4.78 is 0. The number of benzene rings is 1. The average molecular weight is 318 g/mol. The van der Waals surface area contributed by atoms with Crippen molar-refractivity contribution in [3.05, 3.63) is 48.0 Å². The van der Waals surface area contributed by atoms with Crippen molar-refractivity contribution in [3.8, 4) is 0 Å². The molecule has 0 aliphatic heterocycles. The Bertz CT molecular complexity index is 579. The fraction of sp³-hybridized carbons (Fsp3) is 0.353. The molecule has 1 atom stereocenters. The lowest BCUT2D eigenvalue weighted by Gasteiger charge is -2.14. The molecule has 124 valence electrons. The van der Waals surface area contributed by atoms with Crippen LogP contribution in [0.3, 0.4) is 0 Å². The van der Waals surface area contributed by atoms with Crippen LogP contribution in [0.25, 0.3) is 0 Å². The number of aliphatic carboxylic acids is 1. The normalized spacial score (nSPS) is 11.6. The van der Waals surface area contributed by atoms with E-state index in [1.807, 2.05) is 13.8 Å². The summed E-state index contributed by atoms with van der Waals surface area (Å²) >= 11 is 0. The molecule has 2 amide bonds. The van der Waals surface area contributed by atoms with E-state index in [-0.39, 0.29) is 18.4 Å². The van der Waals surface area contributed by atoms with Gasteiger partial charge in [0.25, 0.3) is 11.8 Å². The molecule has 6 nitrogen and oxygen atoms in total. The topological polar surface area (TPSA) is 95.5 Å². The quantitative estimate of drug-likeness (QED) is 0.639. The second-order valence-corrected chi connectivity index (χ2v) is 5.44. The molecule has 1 aromatic rings. The maximum atomic E-state index is 12.1. The first kappa shape index (κ1) is 18.4. The van der Waals surface area contributed by atoms with Gasteiger partial charge in [0, 0.05) is 17.2 Å². The third-order valence-corrected chi connectivity index (χ3v) is 3.09. The molecule has 0 fully saturated rings. The number of carboxylic acid groups (broad SMARTS) is 1. The molecule has 0 spiro atoms. The van der Waals surface area contributed by atoms with Crippen LogP contribution in [0.5, 0.6) is 0 Å². The molecule has 6 heteroatoms. The lowest BCUT2D eigenvalue weighted by atomic mass is 10.1. The molecule has 1 aromatic carbocycles. The largest absolute Gasteiger partial charge is 0.480 e. The van der Waals surface area contributed by atoms with Crippen molar-refractivity contribution < 1.29 is 19.5 Å². The van der Waals surface area contributed by atoms with Gasteiger partial charge >= 0.3 is 5.97 Å². The van der Waals surface area contributed by atoms with Gasteiger partial charge in [0.05, 0.1) is 0 Å². The summed E-state index contributed by atoms with van der Waals surface area (Å²) in [5.74, 6) is -1.80. The minimum atomic E-state index is -1.09. The van der Waals surface area contributed by atoms with E-state index in [0.29, 0.717) is 17.5 Å². The highest BCUT2D eigenvalue weighted by atomic mass is 16.4. The van der Waals surface area contributed by atoms with E-state index < -0.39 is 17.9 Å². The monoisotopic (exact) mass is 318 g/mol. The van der Waals surface area contributed by atoms with Crippen molar-refractivity contribution in [2.75, 3.05) is 0 Å². The first-order valence-corrected chi connectivity index (χ1v) is 7.40. The number of hydrogen-bond donors (Lipinski definition) is 3. The maximum absolute atomic E-state index is 12.1. The van der Waals surface area contributed by atoms with Crippen LogP contribution >= 0.6 is 0 Å². The van der Waals surface area contributed by atoms with Crippen molar-refractivity contribution in [1.29, 1.82) is 0 Å². The highest BCUT2D eigenvalue weighted by Crippen LogP contribution is 2.07. The number of allylic oxidation sites excluding steroid dienone is 1. The lowest BCUT2D eigenvalue weighted by Crippen LogP contribution is -2.40. The molecule has 23 heavy (non-hydrogen) atoms. The number of rotatable bonds is 8. The molecule has 0 aromatic heterocycles. The van der Waals surface area contributed by atoms with Gasteiger partial charge in [-0.05, 0) is 51.0 Å². The van der Waals surface area contributed by atoms with E-state index >= 15 is 0 Å². The van der Waals surface area contributed by atoms with Crippen molar-refractivity contribution >= 4 is 17.8 Å². The molecule has 1 unspecified atom stereocenters. The zero-order chi connectivity index (χ0) is 17.4. The Morgan fingerprint density at radius 2 is 1.57 bits per heavy atom. The summed E-state index contributed by atoms with van der Waals surface area (Å²) in [6.07, 6.45) is 2.37. The van der Waals surface area contributed by atoms with Crippen LogP contribution in [0.15, 0.2) is 36.9 Å². The highest BCUT2D eigenvalue weighted by Gasteiger charge is 2.20. The van der Waals surface area contributed by atoms with Gasteiger partial charge in [-0.15, -0.1) is 6.58 Å². The average Bonchev–Trinajstić information content (AvgIpc) is 2.50. The third kappa shape index (κ3) is 5.94. The van der Waals surface area contributed by atoms with Crippen molar-refractivity contribution in [1.82, 2.24) is 10.6 Å². The van der Waals surface area contributed by atoms with E-state index in [9.17, 15) is 14.4 Å². The summed E-state index contributed by atoms with van der Waals surface area (Å²) in [5, 5.41) is 14.3. The number of carboxylic acids is 1. The molecule has 0 aliphatic carbocycles. The minimum absolute atomic E-state index is 0.0201. The number of carbonyl (C=O) groups excluding carboxylic acids is 2. The third-order valence-electron chi connectivity index (χ3n) is 3.09. The molecule has 0 saturated heterocycles. The molecule has 1 rings (SSSR count). The van der Waals surface area contributed by atoms with Crippen molar-refractivity contribution in [2.24, 2.45) is 0 Å². The first-order valence-electron chi connectivity index (χ1n) is 7.40. The zero-order valence-corrected chi connectivity index (χ0v) is 13.3.